The Balaban J connectivity index is 2.05. The van der Waals surface area contributed by atoms with Gasteiger partial charge in [0.05, 0.1) is 12.1 Å². The van der Waals surface area contributed by atoms with Gasteiger partial charge in [0, 0.05) is 19.6 Å². The number of amides is 1. The fourth-order valence-electron chi connectivity index (χ4n) is 1.69. The lowest BCUT2D eigenvalue weighted by molar-refractivity contribution is -0.130. The Kier molecular flexibility index (Phi) is 3.89. The van der Waals surface area contributed by atoms with E-state index in [0.717, 1.165) is 19.4 Å². The maximum absolute atomic E-state index is 11.3. The van der Waals surface area contributed by atoms with Crippen LogP contribution in [0.5, 0.6) is 0 Å². The molecular weight excluding hydrogens is 180 g/mol. The molecule has 0 bridgehead atoms. The number of likely N-dealkylation sites (tertiary alicyclic amines) is 1. The molecule has 2 N–H and O–H groups in total. The van der Waals surface area contributed by atoms with E-state index in [4.69, 9.17) is 0 Å². The van der Waals surface area contributed by atoms with Crippen LogP contribution < -0.4 is 5.32 Å². The van der Waals surface area contributed by atoms with Gasteiger partial charge >= 0.3 is 0 Å². The van der Waals surface area contributed by atoms with Crippen molar-refractivity contribution >= 4 is 5.91 Å². The summed E-state index contributed by atoms with van der Waals surface area (Å²) >= 11 is 0. The fraction of sp³-hybridized carbons (Fsp3) is 0.900. The number of nitrogens with zero attached hydrogens (tertiary/aromatic N) is 1. The lowest BCUT2D eigenvalue weighted by Crippen LogP contribution is -2.61. The molecule has 0 unspecified atom stereocenters. The van der Waals surface area contributed by atoms with Gasteiger partial charge in [0.1, 0.15) is 0 Å². The SMILES string of the molecule is CCCCNC(=O)CN1CC(C)(O)C1. The van der Waals surface area contributed by atoms with E-state index in [-0.39, 0.29) is 5.91 Å². The molecule has 0 atom stereocenters. The van der Waals surface area contributed by atoms with Crippen molar-refractivity contribution in [1.29, 1.82) is 0 Å². The van der Waals surface area contributed by atoms with Crippen molar-refractivity contribution in [1.82, 2.24) is 10.2 Å². The van der Waals surface area contributed by atoms with Crippen LogP contribution in [0.3, 0.4) is 0 Å². The highest BCUT2D eigenvalue weighted by Crippen LogP contribution is 2.18. The van der Waals surface area contributed by atoms with Crippen LogP contribution in [0.4, 0.5) is 0 Å². The first-order valence-corrected chi connectivity index (χ1v) is 5.25. The van der Waals surface area contributed by atoms with Crippen LogP contribution in [0.15, 0.2) is 0 Å². The maximum atomic E-state index is 11.3. The molecule has 0 spiro atoms. The summed E-state index contributed by atoms with van der Waals surface area (Å²) < 4.78 is 0. The van der Waals surface area contributed by atoms with Gasteiger partial charge in [0.25, 0.3) is 0 Å². The van der Waals surface area contributed by atoms with Crippen molar-refractivity contribution in [3.8, 4) is 0 Å². The molecule has 4 heteroatoms. The van der Waals surface area contributed by atoms with E-state index in [2.05, 4.69) is 12.2 Å². The molecule has 4 nitrogen and oxygen atoms in total. The standard InChI is InChI=1S/C10H20N2O2/c1-3-4-5-11-9(13)6-12-7-10(2,14)8-12/h14H,3-8H2,1-2H3,(H,11,13). The molecule has 0 radical (unpaired) electrons. The summed E-state index contributed by atoms with van der Waals surface area (Å²) in [7, 11) is 0. The fourth-order valence-corrected chi connectivity index (χ4v) is 1.69. The van der Waals surface area contributed by atoms with Crippen LogP contribution in [-0.2, 0) is 4.79 Å². The second-order valence-electron chi connectivity index (χ2n) is 4.35. The largest absolute Gasteiger partial charge is 0.388 e. The third kappa shape index (κ3) is 3.64. The Labute approximate surface area is 85.3 Å². The number of carbonyl (C=O) groups is 1. The number of β-amino-alcohol motifs (C(OH)–C–C–N with tert-alkyl or cyclic N) is 1. The Morgan fingerprint density at radius 1 is 1.57 bits per heavy atom. The van der Waals surface area contributed by atoms with Crippen LogP contribution in [0.2, 0.25) is 0 Å². The summed E-state index contributed by atoms with van der Waals surface area (Å²) in [5, 5.41) is 12.3. The first-order valence-electron chi connectivity index (χ1n) is 5.25. The number of hydrogen-bond donors (Lipinski definition) is 2. The van der Waals surface area contributed by atoms with Gasteiger partial charge < -0.3 is 10.4 Å². The van der Waals surface area contributed by atoms with E-state index >= 15 is 0 Å². The van der Waals surface area contributed by atoms with Crippen molar-refractivity contribution in [2.24, 2.45) is 0 Å². The normalized spacial score (nSPS) is 20.2. The highest BCUT2D eigenvalue weighted by molar-refractivity contribution is 5.78. The van der Waals surface area contributed by atoms with Gasteiger partial charge in [-0.15, -0.1) is 0 Å². The predicted octanol–water partition coefficient (Wildman–Crippen LogP) is -0.0307. The summed E-state index contributed by atoms with van der Waals surface area (Å²) in [6.45, 7) is 6.28. The Morgan fingerprint density at radius 3 is 2.71 bits per heavy atom. The molecule has 14 heavy (non-hydrogen) atoms. The van der Waals surface area contributed by atoms with Gasteiger partial charge in [0.2, 0.25) is 5.91 Å². The number of rotatable bonds is 5. The lowest BCUT2D eigenvalue weighted by atomic mass is 9.97. The quantitative estimate of drug-likeness (QED) is 0.613. The molecule has 0 saturated carbocycles. The van der Waals surface area contributed by atoms with Crippen molar-refractivity contribution in [2.75, 3.05) is 26.2 Å². The smallest absolute Gasteiger partial charge is 0.234 e. The molecule has 0 aromatic heterocycles. The summed E-state index contributed by atoms with van der Waals surface area (Å²) in [6, 6.07) is 0. The van der Waals surface area contributed by atoms with Crippen molar-refractivity contribution in [3.05, 3.63) is 0 Å². The average molecular weight is 200 g/mol. The van der Waals surface area contributed by atoms with E-state index in [1.165, 1.54) is 0 Å². The summed E-state index contributed by atoms with van der Waals surface area (Å²) in [5.41, 5.74) is -0.580. The molecule has 1 fully saturated rings. The Morgan fingerprint density at radius 2 is 2.21 bits per heavy atom. The van der Waals surface area contributed by atoms with Gasteiger partial charge in [-0.1, -0.05) is 13.3 Å². The highest BCUT2D eigenvalue weighted by atomic mass is 16.3. The van der Waals surface area contributed by atoms with E-state index in [1.807, 2.05) is 4.90 Å². The molecule has 1 saturated heterocycles. The van der Waals surface area contributed by atoms with E-state index in [9.17, 15) is 9.90 Å². The summed E-state index contributed by atoms with van der Waals surface area (Å²) in [4.78, 5) is 13.2. The molecule has 0 aromatic carbocycles. The van der Waals surface area contributed by atoms with Gasteiger partial charge in [-0.2, -0.15) is 0 Å². The van der Waals surface area contributed by atoms with Crippen LogP contribution in [0.1, 0.15) is 26.7 Å². The van der Waals surface area contributed by atoms with Crippen LogP contribution in [-0.4, -0.2) is 47.7 Å². The predicted molar refractivity (Wildman–Crippen MR) is 55.0 cm³/mol. The second kappa shape index (κ2) is 4.75. The minimum atomic E-state index is -0.580. The van der Waals surface area contributed by atoms with Gasteiger partial charge in [0.15, 0.2) is 0 Å². The topological polar surface area (TPSA) is 52.6 Å². The van der Waals surface area contributed by atoms with Crippen molar-refractivity contribution < 1.29 is 9.90 Å². The summed E-state index contributed by atoms with van der Waals surface area (Å²) in [6.07, 6.45) is 2.13. The molecule has 0 aromatic rings. The third-order valence-corrected chi connectivity index (χ3v) is 2.35. The minimum Gasteiger partial charge on any atom is -0.388 e. The number of unbranched alkanes of at least 4 members (excludes halogenated alkanes) is 1. The zero-order valence-corrected chi connectivity index (χ0v) is 9.05. The number of nitrogens with one attached hydrogen (secondary N) is 1. The highest BCUT2D eigenvalue weighted by Gasteiger charge is 2.36. The summed E-state index contributed by atoms with van der Waals surface area (Å²) in [5.74, 6) is 0.0638. The van der Waals surface area contributed by atoms with E-state index in [1.54, 1.807) is 6.92 Å². The zero-order chi connectivity index (χ0) is 10.6. The molecule has 0 aliphatic carbocycles. The molecule has 1 aliphatic heterocycles. The monoisotopic (exact) mass is 200 g/mol. The first-order chi connectivity index (χ1) is 6.53. The van der Waals surface area contributed by atoms with Gasteiger partial charge in [-0.25, -0.2) is 0 Å². The second-order valence-corrected chi connectivity index (χ2v) is 4.35. The van der Waals surface area contributed by atoms with Crippen molar-refractivity contribution in [3.63, 3.8) is 0 Å². The number of aliphatic hydroxyl groups is 1. The maximum Gasteiger partial charge on any atom is 0.234 e. The minimum absolute atomic E-state index is 0.0638. The van der Waals surface area contributed by atoms with Crippen LogP contribution in [0, 0.1) is 0 Å². The Hall–Kier alpha value is -0.610. The lowest BCUT2D eigenvalue weighted by Gasteiger charge is -2.43. The first kappa shape index (κ1) is 11.5. The van der Waals surface area contributed by atoms with E-state index < -0.39 is 5.60 Å². The van der Waals surface area contributed by atoms with Crippen molar-refractivity contribution in [2.45, 2.75) is 32.3 Å². The Bertz CT molecular complexity index is 196. The van der Waals surface area contributed by atoms with E-state index in [0.29, 0.717) is 19.6 Å². The molecule has 1 rings (SSSR count). The molecule has 1 aliphatic rings. The zero-order valence-electron chi connectivity index (χ0n) is 9.05. The average Bonchev–Trinajstić information content (AvgIpc) is 2.01. The van der Waals surface area contributed by atoms with Gasteiger partial charge in [-0.3, -0.25) is 9.69 Å². The molecule has 82 valence electrons. The van der Waals surface area contributed by atoms with Crippen LogP contribution >= 0.6 is 0 Å². The molecule has 1 heterocycles. The van der Waals surface area contributed by atoms with Crippen LogP contribution in [0.25, 0.3) is 0 Å². The molecule has 1 amide bonds. The van der Waals surface area contributed by atoms with Gasteiger partial charge in [-0.05, 0) is 13.3 Å². The number of hydrogen-bond acceptors (Lipinski definition) is 3. The number of carbonyl (C=O) groups excluding carboxylic acids is 1. The third-order valence-electron chi connectivity index (χ3n) is 2.35. The molecular formula is C10H20N2O2.